The summed E-state index contributed by atoms with van der Waals surface area (Å²) in [6.45, 7) is 3.06. The first-order valence-electron chi connectivity index (χ1n) is 6.82. The van der Waals surface area contributed by atoms with Gasteiger partial charge in [0.2, 0.25) is 10.0 Å². The Labute approximate surface area is 125 Å². The highest BCUT2D eigenvalue weighted by Gasteiger charge is 2.30. The van der Waals surface area contributed by atoms with Crippen LogP contribution in [0.5, 0.6) is 0 Å². The number of hydrogen-bond acceptors (Lipinski definition) is 4. The molecule has 0 amide bonds. The van der Waals surface area contributed by atoms with Crippen LogP contribution < -0.4 is 10.5 Å². The fourth-order valence-electron chi connectivity index (χ4n) is 2.36. The third kappa shape index (κ3) is 4.48. The molecule has 1 aliphatic heterocycles. The quantitative estimate of drug-likeness (QED) is 0.840. The molecular weight excluding hydrogens is 292 g/mol. The van der Waals surface area contributed by atoms with E-state index in [-0.39, 0.29) is 10.5 Å². The molecule has 112 valence electrons. The maximum absolute atomic E-state index is 12.1. The lowest BCUT2D eigenvalue weighted by Crippen LogP contribution is -2.37. The summed E-state index contributed by atoms with van der Waals surface area (Å²) in [5, 5.41) is 0. The number of benzene rings is 1. The van der Waals surface area contributed by atoms with Crippen LogP contribution in [0.15, 0.2) is 24.3 Å². The van der Waals surface area contributed by atoms with Gasteiger partial charge in [0, 0.05) is 17.8 Å². The monoisotopic (exact) mass is 314 g/mol. The number of thioether (sulfide) groups is 1. The van der Waals surface area contributed by atoms with E-state index in [1.807, 2.05) is 36.0 Å². The maximum Gasteiger partial charge on any atom is 0.215 e. The third-order valence-corrected chi connectivity index (χ3v) is 6.39. The molecule has 0 saturated carbocycles. The van der Waals surface area contributed by atoms with Gasteiger partial charge in [-0.05, 0) is 36.6 Å². The van der Waals surface area contributed by atoms with Gasteiger partial charge < -0.3 is 5.73 Å². The van der Waals surface area contributed by atoms with Crippen molar-refractivity contribution in [1.82, 2.24) is 4.72 Å². The van der Waals surface area contributed by atoms with Crippen LogP contribution in [0.4, 0.5) is 0 Å². The minimum absolute atomic E-state index is 0.0155. The van der Waals surface area contributed by atoms with Crippen molar-refractivity contribution in [2.45, 2.75) is 36.8 Å². The topological polar surface area (TPSA) is 72.2 Å². The lowest BCUT2D eigenvalue weighted by Gasteiger charge is -2.22. The molecule has 1 saturated heterocycles. The summed E-state index contributed by atoms with van der Waals surface area (Å²) in [6.07, 6.45) is 2.24. The van der Waals surface area contributed by atoms with Crippen LogP contribution >= 0.6 is 11.8 Å². The number of hydrogen-bond donors (Lipinski definition) is 2. The van der Waals surface area contributed by atoms with Crippen LogP contribution in [0, 0.1) is 0 Å². The van der Waals surface area contributed by atoms with Crippen molar-refractivity contribution in [3.8, 4) is 0 Å². The van der Waals surface area contributed by atoms with E-state index < -0.39 is 10.0 Å². The van der Waals surface area contributed by atoms with Crippen molar-refractivity contribution in [2.75, 3.05) is 12.3 Å². The lowest BCUT2D eigenvalue weighted by atomic mass is 10.1. The fourth-order valence-corrected chi connectivity index (χ4v) is 4.95. The molecule has 0 aliphatic carbocycles. The third-order valence-electron chi connectivity index (χ3n) is 3.55. The van der Waals surface area contributed by atoms with E-state index in [0.29, 0.717) is 13.1 Å². The lowest BCUT2D eigenvalue weighted by molar-refractivity contribution is 0.552. The van der Waals surface area contributed by atoms with E-state index in [2.05, 4.69) is 11.6 Å². The molecule has 2 rings (SSSR count). The zero-order chi connectivity index (χ0) is 14.6. The number of rotatable bonds is 6. The van der Waals surface area contributed by atoms with Gasteiger partial charge in [0.1, 0.15) is 0 Å². The Hall–Kier alpha value is -0.560. The van der Waals surface area contributed by atoms with Crippen LogP contribution in [0.2, 0.25) is 0 Å². The van der Waals surface area contributed by atoms with Crippen LogP contribution in [-0.4, -0.2) is 25.5 Å². The minimum atomic E-state index is -3.29. The molecule has 1 fully saturated rings. The second-order valence-electron chi connectivity index (χ2n) is 5.51. The highest BCUT2D eigenvalue weighted by molar-refractivity contribution is 8.01. The molecule has 0 aromatic heterocycles. The van der Waals surface area contributed by atoms with E-state index in [0.717, 1.165) is 23.3 Å². The molecule has 20 heavy (non-hydrogen) atoms. The largest absolute Gasteiger partial charge is 0.326 e. The van der Waals surface area contributed by atoms with Crippen LogP contribution in [0.3, 0.4) is 0 Å². The van der Waals surface area contributed by atoms with E-state index in [1.165, 1.54) is 6.42 Å². The summed E-state index contributed by atoms with van der Waals surface area (Å²) in [5.74, 6) is 1.14. The first-order chi connectivity index (χ1) is 9.42. The van der Waals surface area contributed by atoms with E-state index in [1.54, 1.807) is 0 Å². The smallest absolute Gasteiger partial charge is 0.215 e. The molecule has 0 bridgehead atoms. The van der Waals surface area contributed by atoms with E-state index in [9.17, 15) is 8.42 Å². The Morgan fingerprint density at radius 2 is 2.15 bits per heavy atom. The van der Waals surface area contributed by atoms with Crippen molar-refractivity contribution in [2.24, 2.45) is 5.73 Å². The standard InChI is InChI=1S/C14H22N2O2S2/c1-14(6-3-7-19-14)11-16-20(17,18)10-13-5-2-4-12(8-13)9-15/h2,4-5,8,16H,3,6-7,9-11,15H2,1H3. The van der Waals surface area contributed by atoms with Crippen molar-refractivity contribution in [1.29, 1.82) is 0 Å². The summed E-state index contributed by atoms with van der Waals surface area (Å²) < 4.78 is 27.1. The van der Waals surface area contributed by atoms with Crippen molar-refractivity contribution in [3.63, 3.8) is 0 Å². The predicted octanol–water partition coefficient (Wildman–Crippen LogP) is 1.85. The van der Waals surface area contributed by atoms with Gasteiger partial charge >= 0.3 is 0 Å². The van der Waals surface area contributed by atoms with Gasteiger partial charge in [-0.15, -0.1) is 0 Å². The Morgan fingerprint density at radius 1 is 1.40 bits per heavy atom. The summed E-state index contributed by atoms with van der Waals surface area (Å²) >= 11 is 1.85. The minimum Gasteiger partial charge on any atom is -0.326 e. The second-order valence-corrected chi connectivity index (χ2v) is 9.00. The molecule has 0 spiro atoms. The van der Waals surface area contributed by atoms with Gasteiger partial charge in [-0.1, -0.05) is 24.3 Å². The van der Waals surface area contributed by atoms with Gasteiger partial charge in [-0.2, -0.15) is 11.8 Å². The highest BCUT2D eigenvalue weighted by atomic mass is 32.2. The summed E-state index contributed by atoms with van der Waals surface area (Å²) in [7, 11) is -3.29. The number of nitrogens with two attached hydrogens (primary N) is 1. The molecule has 1 atom stereocenters. The molecule has 1 unspecified atom stereocenters. The number of nitrogens with one attached hydrogen (secondary N) is 1. The Bertz CT molecular complexity index is 552. The molecule has 1 aromatic rings. The SMILES string of the molecule is CC1(CNS(=O)(=O)Cc2cccc(CN)c2)CCCS1. The van der Waals surface area contributed by atoms with Gasteiger partial charge in [0.05, 0.1) is 5.75 Å². The first-order valence-corrected chi connectivity index (χ1v) is 9.45. The van der Waals surface area contributed by atoms with Crippen molar-refractivity contribution in [3.05, 3.63) is 35.4 Å². The number of sulfonamides is 1. The van der Waals surface area contributed by atoms with E-state index >= 15 is 0 Å². The van der Waals surface area contributed by atoms with Gasteiger partial charge in [0.15, 0.2) is 0 Å². The zero-order valence-corrected chi connectivity index (χ0v) is 13.4. The van der Waals surface area contributed by atoms with E-state index in [4.69, 9.17) is 5.73 Å². The van der Waals surface area contributed by atoms with Gasteiger partial charge in [0.25, 0.3) is 0 Å². The first kappa shape index (κ1) is 15.8. The molecule has 1 heterocycles. The molecule has 0 radical (unpaired) electrons. The maximum atomic E-state index is 12.1. The van der Waals surface area contributed by atoms with Gasteiger partial charge in [-0.25, -0.2) is 13.1 Å². The van der Waals surface area contributed by atoms with Crippen LogP contribution in [-0.2, 0) is 22.3 Å². The Balaban J connectivity index is 1.96. The Kier molecular flexibility index (Phi) is 5.12. The molecule has 1 aliphatic rings. The molecule has 3 N–H and O–H groups in total. The normalized spacial score (nSPS) is 23.1. The van der Waals surface area contributed by atoms with Crippen LogP contribution in [0.1, 0.15) is 30.9 Å². The van der Waals surface area contributed by atoms with Crippen LogP contribution in [0.25, 0.3) is 0 Å². The fraction of sp³-hybridized carbons (Fsp3) is 0.571. The summed E-state index contributed by atoms with van der Waals surface area (Å²) in [5.41, 5.74) is 7.31. The molecular formula is C14H22N2O2S2. The zero-order valence-electron chi connectivity index (χ0n) is 11.8. The second kappa shape index (κ2) is 6.47. The summed E-state index contributed by atoms with van der Waals surface area (Å²) in [4.78, 5) is 0. The predicted molar refractivity (Wildman–Crippen MR) is 85.1 cm³/mol. The van der Waals surface area contributed by atoms with Crippen molar-refractivity contribution < 1.29 is 8.42 Å². The summed E-state index contributed by atoms with van der Waals surface area (Å²) in [6, 6.07) is 7.43. The average Bonchev–Trinajstić information content (AvgIpc) is 2.84. The molecule has 6 heteroatoms. The average molecular weight is 314 g/mol. The molecule has 1 aromatic carbocycles. The molecule has 4 nitrogen and oxygen atoms in total. The van der Waals surface area contributed by atoms with Gasteiger partial charge in [-0.3, -0.25) is 0 Å². The Morgan fingerprint density at radius 3 is 2.80 bits per heavy atom. The van der Waals surface area contributed by atoms with Crippen molar-refractivity contribution >= 4 is 21.8 Å². The highest BCUT2D eigenvalue weighted by Crippen LogP contribution is 2.37.